The van der Waals surface area contributed by atoms with E-state index in [1.54, 1.807) is 0 Å². The van der Waals surface area contributed by atoms with E-state index >= 15 is 0 Å². The Labute approximate surface area is 84.2 Å². The second-order valence-electron chi connectivity index (χ2n) is 1.83. The average Bonchev–Trinajstić information content (AvgIpc) is 2.22. The number of carbonyl (C=O) groups is 2. The van der Waals surface area contributed by atoms with Crippen molar-refractivity contribution in [3.63, 3.8) is 0 Å². The van der Waals surface area contributed by atoms with Crippen LogP contribution < -0.4 is 0 Å². The van der Waals surface area contributed by atoms with Crippen LogP contribution in [0.3, 0.4) is 0 Å². The fourth-order valence-electron chi connectivity index (χ4n) is 0.248. The summed E-state index contributed by atoms with van der Waals surface area (Å²) in [4.78, 5) is 36.9. The van der Waals surface area contributed by atoms with E-state index in [0.29, 0.717) is 12.2 Å². The minimum Gasteiger partial charge on any atom is -0.298 e. The highest BCUT2D eigenvalue weighted by atomic mass is 31.2. The Morgan fingerprint density at radius 2 is 1.40 bits per heavy atom. The molecule has 0 spiro atoms. The Kier molecular flexibility index (Phi) is 5.50. The van der Waals surface area contributed by atoms with Gasteiger partial charge in [-0.3, -0.25) is 14.7 Å². The first kappa shape index (κ1) is 13.5. The van der Waals surface area contributed by atoms with Crippen LogP contribution in [-0.2, 0) is 33.3 Å². The first-order valence-electron chi connectivity index (χ1n) is 3.29. The summed E-state index contributed by atoms with van der Waals surface area (Å²) >= 11 is 0. The molecule has 84 valence electrons. The summed E-state index contributed by atoms with van der Waals surface area (Å²) in [5.74, 6) is -2.24. The number of hydrogen-bond acceptors (Lipinski definition) is 7. The van der Waals surface area contributed by atoms with E-state index in [1.165, 1.54) is 0 Å². The van der Waals surface area contributed by atoms with E-state index in [-0.39, 0.29) is 0 Å². The molecule has 0 radical (unpaired) electrons. The molecule has 0 saturated carbocycles. The standard InChI is InChI=1S/C6H7O8P/c1-3-5(7)11-13-15(9,10)14-12-6(8)4-2/h3-4H,1-2H2,(H,9,10). The lowest BCUT2D eigenvalue weighted by Gasteiger charge is -2.06. The van der Waals surface area contributed by atoms with Crippen molar-refractivity contribution in [2.45, 2.75) is 0 Å². The van der Waals surface area contributed by atoms with Crippen molar-refractivity contribution in [3.8, 4) is 0 Å². The van der Waals surface area contributed by atoms with E-state index in [2.05, 4.69) is 32.3 Å². The fraction of sp³-hybridized carbons (Fsp3) is 0. The molecule has 0 aromatic heterocycles. The van der Waals surface area contributed by atoms with Crippen LogP contribution in [-0.4, -0.2) is 16.8 Å². The lowest BCUT2D eigenvalue weighted by atomic mass is 10.7. The molecule has 1 N–H and O–H groups in total. The number of phosphoric acid groups is 1. The Bertz CT molecular complexity index is 293. The number of rotatable bonds is 6. The van der Waals surface area contributed by atoms with Gasteiger partial charge in [0.25, 0.3) is 0 Å². The van der Waals surface area contributed by atoms with Crippen molar-refractivity contribution < 1.29 is 38.2 Å². The van der Waals surface area contributed by atoms with Gasteiger partial charge in [0.05, 0.1) is 0 Å². The monoisotopic (exact) mass is 238 g/mol. The molecule has 0 bridgehead atoms. The zero-order valence-corrected chi connectivity index (χ0v) is 8.22. The molecule has 0 heterocycles. The third-order valence-corrected chi connectivity index (χ3v) is 1.29. The Hall–Kier alpha value is -1.47. The first-order valence-corrected chi connectivity index (χ1v) is 4.79. The highest BCUT2D eigenvalue weighted by molar-refractivity contribution is 7.47. The van der Waals surface area contributed by atoms with Crippen LogP contribution in [0.15, 0.2) is 25.3 Å². The molecule has 0 aliphatic rings. The predicted octanol–water partition coefficient (Wildman–Crippen LogP) is 0.408. The number of carbonyl (C=O) groups excluding carboxylic acids is 2. The maximum absolute atomic E-state index is 10.7. The molecule has 0 rings (SSSR count). The summed E-state index contributed by atoms with van der Waals surface area (Å²) in [6.45, 7) is 5.97. The highest BCUT2D eigenvalue weighted by Crippen LogP contribution is 2.43. The summed E-state index contributed by atoms with van der Waals surface area (Å²) in [5, 5.41) is 0. The molecule has 0 aliphatic carbocycles. The first-order chi connectivity index (χ1) is 6.91. The van der Waals surface area contributed by atoms with Crippen molar-refractivity contribution in [3.05, 3.63) is 25.3 Å². The number of hydrogen-bond donors (Lipinski definition) is 1. The summed E-state index contributed by atoms with van der Waals surface area (Å²) in [7, 11) is -4.81. The molecule has 0 atom stereocenters. The molecule has 0 aromatic carbocycles. The molecule has 0 saturated heterocycles. The normalized spacial score (nSPS) is 10.2. The van der Waals surface area contributed by atoms with E-state index in [0.717, 1.165) is 0 Å². The van der Waals surface area contributed by atoms with Crippen LogP contribution in [0.1, 0.15) is 0 Å². The van der Waals surface area contributed by atoms with Gasteiger partial charge < -0.3 is 0 Å². The van der Waals surface area contributed by atoms with Crippen molar-refractivity contribution in [2.75, 3.05) is 0 Å². The van der Waals surface area contributed by atoms with E-state index in [4.69, 9.17) is 4.89 Å². The van der Waals surface area contributed by atoms with Crippen molar-refractivity contribution >= 4 is 19.8 Å². The molecular formula is C6H7O8P. The summed E-state index contributed by atoms with van der Waals surface area (Å²) in [5.41, 5.74) is 0. The van der Waals surface area contributed by atoms with Gasteiger partial charge in [0, 0.05) is 12.2 Å². The average molecular weight is 238 g/mol. The largest absolute Gasteiger partial charge is 0.544 e. The molecule has 0 aliphatic heterocycles. The van der Waals surface area contributed by atoms with Crippen LogP contribution in [0, 0.1) is 0 Å². The third-order valence-electron chi connectivity index (χ3n) is 0.761. The Morgan fingerprint density at radius 3 is 1.67 bits per heavy atom. The van der Waals surface area contributed by atoms with Crippen LogP contribution >= 0.6 is 7.82 Å². The van der Waals surface area contributed by atoms with Gasteiger partial charge in [-0.2, -0.15) is 0 Å². The van der Waals surface area contributed by atoms with E-state index in [9.17, 15) is 14.2 Å². The highest BCUT2D eigenvalue weighted by Gasteiger charge is 2.28. The smallest absolute Gasteiger partial charge is 0.298 e. The van der Waals surface area contributed by atoms with Gasteiger partial charge in [0.1, 0.15) is 0 Å². The molecule has 9 heteroatoms. The topological polar surface area (TPSA) is 108 Å². The minimum atomic E-state index is -4.81. The van der Waals surface area contributed by atoms with Crippen LogP contribution in [0.25, 0.3) is 0 Å². The van der Waals surface area contributed by atoms with E-state index in [1.807, 2.05) is 0 Å². The zero-order valence-electron chi connectivity index (χ0n) is 7.32. The van der Waals surface area contributed by atoms with Gasteiger partial charge in [-0.1, -0.05) is 22.5 Å². The third kappa shape index (κ3) is 6.58. The van der Waals surface area contributed by atoms with Gasteiger partial charge in [0.2, 0.25) is 0 Å². The van der Waals surface area contributed by atoms with Gasteiger partial charge in [-0.25, -0.2) is 14.2 Å². The molecule has 0 unspecified atom stereocenters. The second kappa shape index (κ2) is 6.10. The van der Waals surface area contributed by atoms with E-state index < -0.39 is 19.8 Å². The quantitative estimate of drug-likeness (QED) is 0.306. The molecule has 0 aromatic rings. The van der Waals surface area contributed by atoms with Crippen molar-refractivity contribution in [1.82, 2.24) is 0 Å². The van der Waals surface area contributed by atoms with Crippen molar-refractivity contribution in [1.29, 1.82) is 0 Å². The maximum Gasteiger partial charge on any atom is 0.544 e. The molecule has 8 nitrogen and oxygen atoms in total. The Balaban J connectivity index is 4.02. The van der Waals surface area contributed by atoms with Crippen LogP contribution in [0.2, 0.25) is 0 Å². The second-order valence-corrected chi connectivity index (χ2v) is 3.07. The van der Waals surface area contributed by atoms with Gasteiger partial charge in [0.15, 0.2) is 0 Å². The molecular weight excluding hydrogens is 231 g/mol. The van der Waals surface area contributed by atoms with Crippen LogP contribution in [0.4, 0.5) is 0 Å². The van der Waals surface area contributed by atoms with Crippen molar-refractivity contribution in [2.24, 2.45) is 0 Å². The molecule has 0 amide bonds. The fourth-order valence-corrected chi connectivity index (χ4v) is 0.608. The lowest BCUT2D eigenvalue weighted by molar-refractivity contribution is -0.255. The minimum absolute atomic E-state index is 0.676. The zero-order chi connectivity index (χ0) is 11.9. The lowest BCUT2D eigenvalue weighted by Crippen LogP contribution is -2.05. The van der Waals surface area contributed by atoms with Gasteiger partial charge in [-0.05, 0) is 0 Å². The van der Waals surface area contributed by atoms with Crippen LogP contribution in [0.5, 0.6) is 0 Å². The summed E-state index contributed by atoms with van der Waals surface area (Å²) < 4.78 is 18.0. The SMILES string of the molecule is C=CC(=O)OOP(=O)(O)OOC(=O)C=C. The van der Waals surface area contributed by atoms with Gasteiger partial charge in [-0.15, -0.1) is 0 Å². The van der Waals surface area contributed by atoms with Gasteiger partial charge >= 0.3 is 19.8 Å². The predicted molar refractivity (Wildman–Crippen MR) is 44.6 cm³/mol. The maximum atomic E-state index is 10.7. The molecule has 15 heavy (non-hydrogen) atoms. The molecule has 0 fully saturated rings. The Morgan fingerprint density at radius 1 is 1.07 bits per heavy atom. The summed E-state index contributed by atoms with van der Waals surface area (Å²) in [6.07, 6.45) is 1.35. The summed E-state index contributed by atoms with van der Waals surface area (Å²) in [6, 6.07) is 0.